The van der Waals surface area contributed by atoms with Crippen LogP contribution in [0.3, 0.4) is 0 Å². The van der Waals surface area contributed by atoms with Gasteiger partial charge in [0, 0.05) is 19.6 Å². The molecule has 3 rings (SSSR count). The van der Waals surface area contributed by atoms with Crippen molar-refractivity contribution in [1.29, 1.82) is 0 Å². The standard InChI is InChI=1S/C16H24N2O/c1-19-15-4-2-14(3-5-15)6-10-18-11-8-16(13-18)7-9-17-12-16/h2-5,17H,6-13H2,1H3. The van der Waals surface area contributed by atoms with Crippen LogP contribution in [0.5, 0.6) is 5.75 Å². The molecule has 2 saturated heterocycles. The van der Waals surface area contributed by atoms with Gasteiger partial charge in [-0.1, -0.05) is 12.1 Å². The molecular weight excluding hydrogens is 236 g/mol. The maximum Gasteiger partial charge on any atom is 0.118 e. The second-order valence-electron chi connectivity index (χ2n) is 6.05. The monoisotopic (exact) mass is 260 g/mol. The van der Waals surface area contributed by atoms with Crippen molar-refractivity contribution >= 4 is 0 Å². The topological polar surface area (TPSA) is 24.5 Å². The molecule has 3 heteroatoms. The van der Waals surface area contributed by atoms with Crippen LogP contribution in [0.15, 0.2) is 24.3 Å². The van der Waals surface area contributed by atoms with Gasteiger partial charge in [-0.25, -0.2) is 0 Å². The highest BCUT2D eigenvalue weighted by Crippen LogP contribution is 2.35. The van der Waals surface area contributed by atoms with E-state index in [1.807, 2.05) is 0 Å². The maximum absolute atomic E-state index is 5.19. The van der Waals surface area contributed by atoms with Gasteiger partial charge < -0.3 is 15.0 Å². The number of benzene rings is 1. The van der Waals surface area contributed by atoms with Crippen LogP contribution in [0.25, 0.3) is 0 Å². The minimum absolute atomic E-state index is 0.597. The summed E-state index contributed by atoms with van der Waals surface area (Å²) in [5, 5.41) is 3.52. The van der Waals surface area contributed by atoms with Crippen LogP contribution >= 0.6 is 0 Å². The zero-order valence-electron chi connectivity index (χ0n) is 11.8. The molecule has 0 aliphatic carbocycles. The van der Waals surface area contributed by atoms with Crippen molar-refractivity contribution < 1.29 is 4.74 Å². The first-order chi connectivity index (χ1) is 9.30. The van der Waals surface area contributed by atoms with Crippen molar-refractivity contribution in [2.45, 2.75) is 19.3 Å². The molecule has 19 heavy (non-hydrogen) atoms. The van der Waals surface area contributed by atoms with Gasteiger partial charge in [0.2, 0.25) is 0 Å². The lowest BCUT2D eigenvalue weighted by molar-refractivity contribution is 0.277. The van der Waals surface area contributed by atoms with Gasteiger partial charge in [0.25, 0.3) is 0 Å². The van der Waals surface area contributed by atoms with Gasteiger partial charge in [0.1, 0.15) is 5.75 Å². The molecule has 0 saturated carbocycles. The molecule has 1 aromatic rings. The number of methoxy groups -OCH3 is 1. The Kier molecular flexibility index (Phi) is 3.76. The molecule has 0 radical (unpaired) electrons. The Morgan fingerprint density at radius 3 is 2.79 bits per heavy atom. The summed E-state index contributed by atoms with van der Waals surface area (Å²) in [7, 11) is 1.72. The Hall–Kier alpha value is -1.06. The van der Waals surface area contributed by atoms with Gasteiger partial charge in [-0.15, -0.1) is 0 Å². The number of likely N-dealkylation sites (tertiary alicyclic amines) is 1. The summed E-state index contributed by atoms with van der Waals surface area (Å²) in [5.74, 6) is 0.945. The minimum atomic E-state index is 0.597. The first-order valence-electron chi connectivity index (χ1n) is 7.36. The lowest BCUT2D eigenvalue weighted by Crippen LogP contribution is -2.30. The van der Waals surface area contributed by atoms with E-state index in [1.165, 1.54) is 51.1 Å². The Balaban J connectivity index is 1.49. The molecule has 2 heterocycles. The first kappa shape index (κ1) is 12.9. The average molecular weight is 260 g/mol. The zero-order valence-corrected chi connectivity index (χ0v) is 11.8. The number of nitrogens with one attached hydrogen (secondary N) is 1. The molecule has 0 aromatic heterocycles. The molecule has 1 atom stereocenters. The van der Waals surface area contributed by atoms with E-state index in [4.69, 9.17) is 4.74 Å². The molecule has 2 aliphatic heterocycles. The van der Waals surface area contributed by atoms with Crippen molar-refractivity contribution in [2.24, 2.45) is 5.41 Å². The summed E-state index contributed by atoms with van der Waals surface area (Å²) in [4.78, 5) is 2.64. The fourth-order valence-corrected chi connectivity index (χ4v) is 3.44. The van der Waals surface area contributed by atoms with Crippen LogP contribution in [0.1, 0.15) is 18.4 Å². The second kappa shape index (κ2) is 5.51. The van der Waals surface area contributed by atoms with Crippen LogP contribution in [-0.2, 0) is 6.42 Å². The molecular formula is C16H24N2O. The number of hydrogen-bond acceptors (Lipinski definition) is 3. The third-order valence-electron chi connectivity index (χ3n) is 4.73. The lowest BCUT2D eigenvalue weighted by Gasteiger charge is -2.22. The molecule has 2 fully saturated rings. The van der Waals surface area contributed by atoms with E-state index in [2.05, 4.69) is 34.5 Å². The summed E-state index contributed by atoms with van der Waals surface area (Å²) in [6, 6.07) is 8.48. The molecule has 1 N–H and O–H groups in total. The molecule has 2 aliphatic rings. The van der Waals surface area contributed by atoms with Crippen molar-refractivity contribution in [2.75, 3.05) is 39.8 Å². The molecule has 1 aromatic carbocycles. The fraction of sp³-hybridized carbons (Fsp3) is 0.625. The number of hydrogen-bond donors (Lipinski definition) is 1. The van der Waals surface area contributed by atoms with E-state index in [0.29, 0.717) is 5.41 Å². The number of rotatable bonds is 4. The van der Waals surface area contributed by atoms with E-state index in [1.54, 1.807) is 7.11 Å². The zero-order chi connectivity index (χ0) is 13.1. The average Bonchev–Trinajstić information content (AvgIpc) is 3.08. The van der Waals surface area contributed by atoms with Crippen LogP contribution < -0.4 is 10.1 Å². The summed E-state index contributed by atoms with van der Waals surface area (Å²) in [6.07, 6.45) is 3.89. The highest BCUT2D eigenvalue weighted by Gasteiger charge is 2.39. The molecule has 3 nitrogen and oxygen atoms in total. The van der Waals surface area contributed by atoms with Gasteiger partial charge in [-0.2, -0.15) is 0 Å². The first-order valence-corrected chi connectivity index (χ1v) is 7.36. The van der Waals surface area contributed by atoms with E-state index in [9.17, 15) is 0 Å². The number of nitrogens with zero attached hydrogens (tertiary/aromatic N) is 1. The van der Waals surface area contributed by atoms with Crippen molar-refractivity contribution in [3.8, 4) is 5.75 Å². The molecule has 104 valence electrons. The Morgan fingerprint density at radius 2 is 2.11 bits per heavy atom. The van der Waals surface area contributed by atoms with E-state index in [0.717, 1.165) is 12.2 Å². The largest absolute Gasteiger partial charge is 0.497 e. The number of ether oxygens (including phenoxy) is 1. The Bertz CT molecular complexity index is 409. The summed E-state index contributed by atoms with van der Waals surface area (Å²) >= 11 is 0. The van der Waals surface area contributed by atoms with E-state index in [-0.39, 0.29) is 0 Å². The highest BCUT2D eigenvalue weighted by atomic mass is 16.5. The summed E-state index contributed by atoms with van der Waals surface area (Å²) in [5.41, 5.74) is 2.01. The normalized spacial score (nSPS) is 27.2. The van der Waals surface area contributed by atoms with Crippen molar-refractivity contribution in [3.05, 3.63) is 29.8 Å². The highest BCUT2D eigenvalue weighted by molar-refractivity contribution is 5.27. The maximum atomic E-state index is 5.19. The van der Waals surface area contributed by atoms with Gasteiger partial charge in [-0.3, -0.25) is 0 Å². The molecule has 1 unspecified atom stereocenters. The SMILES string of the molecule is COc1ccc(CCN2CCC3(CCNC3)C2)cc1. The fourth-order valence-electron chi connectivity index (χ4n) is 3.44. The minimum Gasteiger partial charge on any atom is -0.497 e. The predicted molar refractivity (Wildman–Crippen MR) is 77.7 cm³/mol. The molecule has 1 spiro atoms. The molecule has 0 bridgehead atoms. The van der Waals surface area contributed by atoms with Crippen LogP contribution in [0.4, 0.5) is 0 Å². The van der Waals surface area contributed by atoms with Crippen LogP contribution in [0, 0.1) is 5.41 Å². The lowest BCUT2D eigenvalue weighted by atomic mass is 9.87. The summed E-state index contributed by atoms with van der Waals surface area (Å²) < 4.78 is 5.19. The quantitative estimate of drug-likeness (QED) is 0.895. The molecule has 0 amide bonds. The van der Waals surface area contributed by atoms with E-state index >= 15 is 0 Å². The van der Waals surface area contributed by atoms with Gasteiger partial charge in [-0.05, 0) is 55.5 Å². The Morgan fingerprint density at radius 1 is 1.26 bits per heavy atom. The van der Waals surface area contributed by atoms with Gasteiger partial charge in [0.15, 0.2) is 0 Å². The predicted octanol–water partition coefficient (Wildman–Crippen LogP) is 1.92. The third-order valence-corrected chi connectivity index (χ3v) is 4.73. The second-order valence-corrected chi connectivity index (χ2v) is 6.05. The Labute approximate surface area is 115 Å². The van der Waals surface area contributed by atoms with Crippen LogP contribution in [-0.4, -0.2) is 44.7 Å². The third kappa shape index (κ3) is 2.93. The van der Waals surface area contributed by atoms with Gasteiger partial charge in [0.05, 0.1) is 7.11 Å². The smallest absolute Gasteiger partial charge is 0.118 e. The van der Waals surface area contributed by atoms with Crippen molar-refractivity contribution in [3.63, 3.8) is 0 Å². The van der Waals surface area contributed by atoms with Gasteiger partial charge >= 0.3 is 0 Å². The van der Waals surface area contributed by atoms with Crippen LogP contribution in [0.2, 0.25) is 0 Å². The van der Waals surface area contributed by atoms with E-state index < -0.39 is 0 Å². The van der Waals surface area contributed by atoms with Crippen molar-refractivity contribution in [1.82, 2.24) is 10.2 Å². The summed E-state index contributed by atoms with van der Waals surface area (Å²) in [6.45, 7) is 6.19.